The summed E-state index contributed by atoms with van der Waals surface area (Å²) in [6.45, 7) is 0. The average molecular weight is 330 g/mol. The molecule has 0 bridgehead atoms. The lowest BCUT2D eigenvalue weighted by Gasteiger charge is -2.33. The molecule has 0 aliphatic carbocycles. The molecule has 0 aromatic heterocycles. The number of halogens is 1. The number of nitrogens with zero attached hydrogens (tertiary/aromatic N) is 2. The molecule has 2 aliphatic rings. The van der Waals surface area contributed by atoms with Crippen LogP contribution in [-0.2, 0) is 10.5 Å². The Morgan fingerprint density at radius 2 is 1.96 bits per heavy atom. The van der Waals surface area contributed by atoms with Crippen LogP contribution >= 0.6 is 11.6 Å². The quantitative estimate of drug-likeness (QED) is 0.674. The number of carbonyl (C=O) groups is 1. The maximum atomic E-state index is 12.4. The topological polar surface area (TPSA) is 75.5 Å². The van der Waals surface area contributed by atoms with Gasteiger partial charge in [-0.1, -0.05) is 23.7 Å². The van der Waals surface area contributed by atoms with E-state index in [1.807, 2.05) is 12.1 Å². The number of nitrogens with one attached hydrogen (secondary N) is 1. The van der Waals surface area contributed by atoms with Crippen molar-refractivity contribution in [3.63, 3.8) is 0 Å². The molecule has 2 aliphatic heterocycles. The van der Waals surface area contributed by atoms with Crippen LogP contribution in [0.1, 0.15) is 18.4 Å². The smallest absolute Gasteiger partial charge is 0.271 e. The molecule has 23 heavy (non-hydrogen) atoms. The third-order valence-electron chi connectivity index (χ3n) is 4.43. The third-order valence-corrected chi connectivity index (χ3v) is 4.68. The standard InChI is InChI=1S/C16H12ClN3O3/c17-11-3-1-10(2-4-11)16-8-7-15(21)19(16)14-6-5-12(20(22)23)9-13(14)18-16/h1-6,9,18H,7-8H2. The van der Waals surface area contributed by atoms with Gasteiger partial charge in [-0.3, -0.25) is 19.8 Å². The number of carbonyl (C=O) groups excluding carboxylic acids is 1. The lowest BCUT2D eigenvalue weighted by atomic mass is 9.97. The van der Waals surface area contributed by atoms with E-state index >= 15 is 0 Å². The lowest BCUT2D eigenvalue weighted by Crippen LogP contribution is -2.44. The fraction of sp³-hybridized carbons (Fsp3) is 0.188. The monoisotopic (exact) mass is 329 g/mol. The van der Waals surface area contributed by atoms with Crippen molar-refractivity contribution in [1.29, 1.82) is 0 Å². The molecule has 0 radical (unpaired) electrons. The maximum absolute atomic E-state index is 12.4. The van der Waals surface area contributed by atoms with Crippen molar-refractivity contribution < 1.29 is 9.72 Å². The predicted molar refractivity (Wildman–Crippen MR) is 86.6 cm³/mol. The van der Waals surface area contributed by atoms with Gasteiger partial charge in [0, 0.05) is 30.0 Å². The zero-order valence-electron chi connectivity index (χ0n) is 12.0. The van der Waals surface area contributed by atoms with Gasteiger partial charge in [0.05, 0.1) is 16.3 Å². The van der Waals surface area contributed by atoms with E-state index in [2.05, 4.69) is 5.32 Å². The molecule has 116 valence electrons. The number of fused-ring (bicyclic) bond motifs is 3. The molecule has 0 spiro atoms. The van der Waals surface area contributed by atoms with E-state index in [0.717, 1.165) is 5.56 Å². The van der Waals surface area contributed by atoms with Crippen LogP contribution in [0.4, 0.5) is 17.1 Å². The highest BCUT2D eigenvalue weighted by molar-refractivity contribution is 6.30. The van der Waals surface area contributed by atoms with Gasteiger partial charge in [-0.2, -0.15) is 0 Å². The zero-order chi connectivity index (χ0) is 16.2. The van der Waals surface area contributed by atoms with E-state index in [1.54, 1.807) is 23.1 Å². The van der Waals surface area contributed by atoms with Crippen LogP contribution in [-0.4, -0.2) is 10.8 Å². The van der Waals surface area contributed by atoms with Crippen molar-refractivity contribution in [3.8, 4) is 0 Å². The fourth-order valence-corrected chi connectivity index (χ4v) is 3.54. The second-order valence-electron chi connectivity index (χ2n) is 5.68. The highest BCUT2D eigenvalue weighted by Crippen LogP contribution is 2.52. The number of rotatable bonds is 2. The number of hydrogen-bond donors (Lipinski definition) is 1. The summed E-state index contributed by atoms with van der Waals surface area (Å²) in [7, 11) is 0. The molecule has 0 saturated carbocycles. The Labute approximate surface area is 136 Å². The molecule has 1 amide bonds. The van der Waals surface area contributed by atoms with Crippen molar-refractivity contribution in [2.45, 2.75) is 18.5 Å². The molecule has 1 saturated heterocycles. The second kappa shape index (κ2) is 4.70. The third kappa shape index (κ3) is 1.91. The van der Waals surface area contributed by atoms with Gasteiger partial charge in [-0.25, -0.2) is 0 Å². The van der Waals surface area contributed by atoms with E-state index in [9.17, 15) is 14.9 Å². The normalized spacial score (nSPS) is 21.8. The van der Waals surface area contributed by atoms with Crippen molar-refractivity contribution in [1.82, 2.24) is 0 Å². The summed E-state index contributed by atoms with van der Waals surface area (Å²) >= 11 is 5.96. The molecule has 2 aromatic rings. The minimum atomic E-state index is -0.695. The molecule has 1 unspecified atom stereocenters. The summed E-state index contributed by atoms with van der Waals surface area (Å²) in [5, 5.41) is 14.9. The Balaban J connectivity index is 1.86. The first-order chi connectivity index (χ1) is 11.0. The van der Waals surface area contributed by atoms with Gasteiger partial charge in [0.15, 0.2) is 0 Å². The molecule has 4 rings (SSSR count). The van der Waals surface area contributed by atoms with Crippen LogP contribution in [0.2, 0.25) is 5.02 Å². The second-order valence-corrected chi connectivity index (χ2v) is 6.12. The van der Waals surface area contributed by atoms with Crippen LogP contribution in [0.5, 0.6) is 0 Å². The molecule has 2 heterocycles. The highest BCUT2D eigenvalue weighted by Gasteiger charge is 2.52. The van der Waals surface area contributed by atoms with Crippen molar-refractivity contribution in [3.05, 3.63) is 63.2 Å². The van der Waals surface area contributed by atoms with Crippen LogP contribution in [0.3, 0.4) is 0 Å². The first-order valence-corrected chi connectivity index (χ1v) is 7.55. The molecule has 6 nitrogen and oxygen atoms in total. The molecule has 2 aromatic carbocycles. The van der Waals surface area contributed by atoms with E-state index in [1.165, 1.54) is 12.1 Å². The summed E-state index contributed by atoms with van der Waals surface area (Å²) in [6.07, 6.45) is 1.02. The zero-order valence-corrected chi connectivity index (χ0v) is 12.7. The summed E-state index contributed by atoms with van der Waals surface area (Å²) in [5.41, 5.74) is 1.48. The first kappa shape index (κ1) is 14.0. The minimum Gasteiger partial charge on any atom is -0.357 e. The predicted octanol–water partition coefficient (Wildman–Crippen LogP) is 3.65. The van der Waals surface area contributed by atoms with Gasteiger partial charge >= 0.3 is 0 Å². The van der Waals surface area contributed by atoms with Gasteiger partial charge in [0.1, 0.15) is 5.66 Å². The van der Waals surface area contributed by atoms with Crippen LogP contribution in [0.15, 0.2) is 42.5 Å². The number of anilines is 2. The van der Waals surface area contributed by atoms with Gasteiger partial charge in [0.2, 0.25) is 5.91 Å². The Hall–Kier alpha value is -2.60. The Kier molecular flexibility index (Phi) is 2.86. The molecule has 1 fully saturated rings. The summed E-state index contributed by atoms with van der Waals surface area (Å²) < 4.78 is 0. The summed E-state index contributed by atoms with van der Waals surface area (Å²) in [5.74, 6) is 0.0000491. The minimum absolute atomic E-state index is 0.0000491. The molecular weight excluding hydrogens is 318 g/mol. The highest BCUT2D eigenvalue weighted by atomic mass is 35.5. The number of non-ortho nitro benzene ring substituents is 1. The Morgan fingerprint density at radius 3 is 2.65 bits per heavy atom. The fourth-order valence-electron chi connectivity index (χ4n) is 3.41. The first-order valence-electron chi connectivity index (χ1n) is 7.17. The van der Waals surface area contributed by atoms with Crippen LogP contribution in [0.25, 0.3) is 0 Å². The van der Waals surface area contributed by atoms with Gasteiger partial charge in [0.25, 0.3) is 5.69 Å². The van der Waals surface area contributed by atoms with E-state index in [0.29, 0.717) is 29.2 Å². The molecule has 1 atom stereocenters. The lowest BCUT2D eigenvalue weighted by molar-refractivity contribution is -0.384. The Bertz CT molecular complexity index is 837. The van der Waals surface area contributed by atoms with Crippen LogP contribution < -0.4 is 10.2 Å². The molecular formula is C16H12ClN3O3. The van der Waals surface area contributed by atoms with E-state index < -0.39 is 10.6 Å². The number of benzene rings is 2. The average Bonchev–Trinajstić information content (AvgIpc) is 3.03. The summed E-state index contributed by atoms with van der Waals surface area (Å²) in [6, 6.07) is 11.8. The van der Waals surface area contributed by atoms with E-state index in [-0.39, 0.29) is 11.6 Å². The van der Waals surface area contributed by atoms with Gasteiger partial charge in [-0.05, 0) is 23.8 Å². The van der Waals surface area contributed by atoms with E-state index in [4.69, 9.17) is 11.6 Å². The molecule has 1 N–H and O–H groups in total. The maximum Gasteiger partial charge on any atom is 0.271 e. The molecule has 7 heteroatoms. The number of hydrogen-bond acceptors (Lipinski definition) is 4. The number of amides is 1. The van der Waals surface area contributed by atoms with Gasteiger partial charge in [-0.15, -0.1) is 0 Å². The SMILES string of the molecule is O=C1CCC2(c3ccc(Cl)cc3)Nc3cc([N+](=O)[O-])ccc3N12. The Morgan fingerprint density at radius 1 is 1.22 bits per heavy atom. The van der Waals surface area contributed by atoms with Crippen molar-refractivity contribution >= 4 is 34.6 Å². The largest absolute Gasteiger partial charge is 0.357 e. The summed E-state index contributed by atoms with van der Waals surface area (Å²) in [4.78, 5) is 24.7. The van der Waals surface area contributed by atoms with Gasteiger partial charge < -0.3 is 5.32 Å². The van der Waals surface area contributed by atoms with Crippen LogP contribution in [0, 0.1) is 10.1 Å². The number of nitro groups is 1. The number of nitro benzene ring substituents is 1. The van der Waals surface area contributed by atoms with Crippen molar-refractivity contribution in [2.24, 2.45) is 0 Å². The van der Waals surface area contributed by atoms with Crippen molar-refractivity contribution in [2.75, 3.05) is 10.2 Å².